The molecule has 1 aromatic heterocycles. The molecule has 2 rings (SSSR count). The van der Waals surface area contributed by atoms with Gasteiger partial charge < -0.3 is 19.7 Å². The summed E-state index contributed by atoms with van der Waals surface area (Å²) < 4.78 is 10.5. The first kappa shape index (κ1) is 21.2. The summed E-state index contributed by atoms with van der Waals surface area (Å²) in [6.07, 6.45) is 3.20. The monoisotopic (exact) mass is 385 g/mol. The zero-order valence-corrected chi connectivity index (χ0v) is 16.8. The summed E-state index contributed by atoms with van der Waals surface area (Å²) in [6.45, 7) is 5.36. The molecule has 0 aliphatic rings. The molecule has 7 nitrogen and oxygen atoms in total. The van der Waals surface area contributed by atoms with Gasteiger partial charge in [-0.25, -0.2) is 0 Å². The van der Waals surface area contributed by atoms with Gasteiger partial charge in [-0.3, -0.25) is 14.6 Å². The van der Waals surface area contributed by atoms with Gasteiger partial charge in [0.05, 0.1) is 19.9 Å². The smallest absolute Gasteiger partial charge is 0.272 e. The van der Waals surface area contributed by atoms with Crippen LogP contribution in [0.3, 0.4) is 0 Å². The Morgan fingerprint density at radius 2 is 1.75 bits per heavy atom. The fourth-order valence-electron chi connectivity index (χ4n) is 2.81. The van der Waals surface area contributed by atoms with E-state index in [2.05, 4.69) is 10.3 Å². The second-order valence-corrected chi connectivity index (χ2v) is 6.24. The van der Waals surface area contributed by atoms with Crippen LogP contribution in [-0.2, 0) is 0 Å². The summed E-state index contributed by atoms with van der Waals surface area (Å²) in [5.74, 6) is 0.575. The third-order valence-electron chi connectivity index (χ3n) is 4.17. The van der Waals surface area contributed by atoms with E-state index in [1.165, 1.54) is 19.4 Å². The van der Waals surface area contributed by atoms with Crippen LogP contribution in [0.5, 0.6) is 11.5 Å². The van der Waals surface area contributed by atoms with Gasteiger partial charge in [-0.1, -0.05) is 13.8 Å². The first-order valence-electron chi connectivity index (χ1n) is 9.32. The van der Waals surface area contributed by atoms with Crippen molar-refractivity contribution in [2.45, 2.75) is 26.7 Å². The molecule has 0 spiro atoms. The van der Waals surface area contributed by atoms with Gasteiger partial charge in [0, 0.05) is 30.9 Å². The van der Waals surface area contributed by atoms with Crippen LogP contribution < -0.4 is 14.8 Å². The Hall–Kier alpha value is -3.09. The van der Waals surface area contributed by atoms with E-state index < -0.39 is 0 Å². The Kier molecular flexibility index (Phi) is 7.80. The topological polar surface area (TPSA) is 80.8 Å². The highest BCUT2D eigenvalue weighted by Gasteiger charge is 2.18. The molecule has 0 bridgehead atoms. The van der Waals surface area contributed by atoms with Crippen molar-refractivity contribution >= 4 is 17.5 Å². The highest BCUT2D eigenvalue weighted by atomic mass is 16.5. The number of hydrogen-bond donors (Lipinski definition) is 1. The SMILES string of the molecule is CCCN(CCC)C(=O)c1cc(C(=O)Nc2cc(OC)ccc2OC)ccn1. The minimum absolute atomic E-state index is 0.169. The Morgan fingerprint density at radius 3 is 2.36 bits per heavy atom. The molecule has 150 valence electrons. The summed E-state index contributed by atoms with van der Waals surface area (Å²) in [6, 6.07) is 8.22. The fraction of sp³-hybridized carbons (Fsp3) is 0.381. The molecular weight excluding hydrogens is 358 g/mol. The van der Waals surface area contributed by atoms with Crippen LogP contribution in [0, 0.1) is 0 Å². The third-order valence-corrected chi connectivity index (χ3v) is 4.17. The summed E-state index contributed by atoms with van der Waals surface area (Å²) >= 11 is 0. The predicted octanol–water partition coefficient (Wildman–Crippen LogP) is 3.61. The molecule has 7 heteroatoms. The Morgan fingerprint density at radius 1 is 1.04 bits per heavy atom. The number of methoxy groups -OCH3 is 2. The standard InChI is InChI=1S/C21H27N3O4/c1-5-11-24(12-6-2)21(26)18-13-15(9-10-22-18)20(25)23-17-14-16(27-3)7-8-19(17)28-4/h7-10,13-14H,5-6,11-12H2,1-4H3,(H,23,25). The summed E-state index contributed by atoms with van der Waals surface area (Å²) in [7, 11) is 3.07. The average molecular weight is 385 g/mol. The molecule has 1 heterocycles. The van der Waals surface area contributed by atoms with Crippen LogP contribution in [0.1, 0.15) is 47.5 Å². The van der Waals surface area contributed by atoms with Gasteiger partial charge in [-0.2, -0.15) is 0 Å². The lowest BCUT2D eigenvalue weighted by molar-refractivity contribution is 0.0749. The van der Waals surface area contributed by atoms with Gasteiger partial charge in [0.2, 0.25) is 0 Å². The number of ether oxygens (including phenoxy) is 2. The van der Waals surface area contributed by atoms with Crippen molar-refractivity contribution < 1.29 is 19.1 Å². The molecule has 0 radical (unpaired) electrons. The number of benzene rings is 1. The predicted molar refractivity (Wildman–Crippen MR) is 108 cm³/mol. The average Bonchev–Trinajstić information content (AvgIpc) is 2.73. The lowest BCUT2D eigenvalue weighted by Crippen LogP contribution is -2.33. The summed E-state index contributed by atoms with van der Waals surface area (Å²) in [4.78, 5) is 31.4. The van der Waals surface area contributed by atoms with Crippen LogP contribution in [0.15, 0.2) is 36.5 Å². The van der Waals surface area contributed by atoms with E-state index in [0.29, 0.717) is 35.8 Å². The van der Waals surface area contributed by atoms with E-state index in [4.69, 9.17) is 9.47 Å². The molecule has 0 aliphatic heterocycles. The van der Waals surface area contributed by atoms with E-state index in [1.807, 2.05) is 13.8 Å². The van der Waals surface area contributed by atoms with Crippen molar-refractivity contribution in [1.29, 1.82) is 0 Å². The zero-order chi connectivity index (χ0) is 20.5. The molecule has 1 N–H and O–H groups in total. The Bertz CT molecular complexity index is 817. The minimum Gasteiger partial charge on any atom is -0.497 e. The number of nitrogens with zero attached hydrogens (tertiary/aromatic N) is 2. The molecule has 1 aromatic carbocycles. The number of carbonyl (C=O) groups excluding carboxylic acids is 2. The van der Waals surface area contributed by atoms with E-state index in [1.54, 1.807) is 36.3 Å². The Balaban J connectivity index is 2.24. The van der Waals surface area contributed by atoms with Gasteiger partial charge in [0.15, 0.2) is 0 Å². The highest BCUT2D eigenvalue weighted by molar-refractivity contribution is 6.06. The van der Waals surface area contributed by atoms with Crippen molar-refractivity contribution in [3.63, 3.8) is 0 Å². The van der Waals surface area contributed by atoms with Gasteiger partial charge in [-0.05, 0) is 37.1 Å². The number of anilines is 1. The van der Waals surface area contributed by atoms with Gasteiger partial charge in [0.1, 0.15) is 17.2 Å². The molecule has 0 saturated carbocycles. The third kappa shape index (κ3) is 5.22. The normalized spacial score (nSPS) is 10.3. The summed E-state index contributed by atoms with van der Waals surface area (Å²) in [5.41, 5.74) is 1.08. The molecule has 28 heavy (non-hydrogen) atoms. The maximum atomic E-state index is 12.7. The fourth-order valence-corrected chi connectivity index (χ4v) is 2.81. The second kappa shape index (κ2) is 10.3. The quantitative estimate of drug-likeness (QED) is 0.713. The molecule has 0 aliphatic carbocycles. The lowest BCUT2D eigenvalue weighted by Gasteiger charge is -2.21. The van der Waals surface area contributed by atoms with Crippen molar-refractivity contribution in [3.8, 4) is 11.5 Å². The van der Waals surface area contributed by atoms with E-state index >= 15 is 0 Å². The number of rotatable bonds is 9. The number of aromatic nitrogens is 1. The lowest BCUT2D eigenvalue weighted by atomic mass is 10.2. The molecule has 2 amide bonds. The number of nitrogens with one attached hydrogen (secondary N) is 1. The first-order chi connectivity index (χ1) is 13.5. The molecular formula is C21H27N3O4. The van der Waals surface area contributed by atoms with Crippen LogP contribution in [0.25, 0.3) is 0 Å². The number of amides is 2. The van der Waals surface area contributed by atoms with Crippen molar-refractivity contribution in [3.05, 3.63) is 47.8 Å². The van der Waals surface area contributed by atoms with Crippen molar-refractivity contribution in [2.75, 3.05) is 32.6 Å². The van der Waals surface area contributed by atoms with Crippen LogP contribution in [0.2, 0.25) is 0 Å². The van der Waals surface area contributed by atoms with Gasteiger partial charge in [-0.15, -0.1) is 0 Å². The van der Waals surface area contributed by atoms with Crippen molar-refractivity contribution in [2.24, 2.45) is 0 Å². The number of hydrogen-bond acceptors (Lipinski definition) is 5. The zero-order valence-electron chi connectivity index (χ0n) is 16.8. The molecule has 2 aromatic rings. The second-order valence-electron chi connectivity index (χ2n) is 6.24. The summed E-state index contributed by atoms with van der Waals surface area (Å²) in [5, 5.41) is 2.80. The largest absolute Gasteiger partial charge is 0.497 e. The van der Waals surface area contributed by atoms with Gasteiger partial charge in [0.25, 0.3) is 11.8 Å². The first-order valence-corrected chi connectivity index (χ1v) is 9.32. The minimum atomic E-state index is -0.361. The van der Waals surface area contributed by atoms with Crippen LogP contribution in [0.4, 0.5) is 5.69 Å². The molecule has 0 fully saturated rings. The maximum Gasteiger partial charge on any atom is 0.272 e. The maximum absolute atomic E-state index is 12.7. The van der Waals surface area contributed by atoms with Crippen LogP contribution in [-0.4, -0.2) is 49.0 Å². The number of carbonyl (C=O) groups is 2. The van der Waals surface area contributed by atoms with E-state index in [-0.39, 0.29) is 17.5 Å². The Labute approximate surface area is 165 Å². The molecule has 0 atom stereocenters. The number of pyridine rings is 1. The van der Waals surface area contributed by atoms with E-state index in [0.717, 1.165) is 12.8 Å². The molecule has 0 saturated heterocycles. The van der Waals surface area contributed by atoms with Gasteiger partial charge >= 0.3 is 0 Å². The van der Waals surface area contributed by atoms with E-state index in [9.17, 15) is 9.59 Å². The van der Waals surface area contributed by atoms with Crippen molar-refractivity contribution in [1.82, 2.24) is 9.88 Å². The highest BCUT2D eigenvalue weighted by Crippen LogP contribution is 2.29. The van der Waals surface area contributed by atoms with Crippen LogP contribution >= 0.6 is 0 Å². The molecule has 0 unspecified atom stereocenters.